The Morgan fingerprint density at radius 3 is 2.28 bits per heavy atom. The van der Waals surface area contributed by atoms with Crippen LogP contribution in [-0.4, -0.2) is 74.1 Å². The highest BCUT2D eigenvalue weighted by Crippen LogP contribution is 2.23. The lowest BCUT2D eigenvalue weighted by molar-refractivity contribution is -0.142. The van der Waals surface area contributed by atoms with Crippen molar-refractivity contribution in [2.45, 2.75) is 46.5 Å². The maximum atomic E-state index is 12.3. The van der Waals surface area contributed by atoms with Crippen molar-refractivity contribution in [3.8, 4) is 0 Å². The minimum atomic E-state index is -0.338. The van der Waals surface area contributed by atoms with Gasteiger partial charge < -0.3 is 15.0 Å². The van der Waals surface area contributed by atoms with E-state index in [1.807, 2.05) is 25.7 Å². The second-order valence-corrected chi connectivity index (χ2v) is 8.27. The van der Waals surface area contributed by atoms with E-state index in [1.165, 1.54) is 0 Å². The molecule has 0 saturated carbocycles. The summed E-state index contributed by atoms with van der Waals surface area (Å²) >= 11 is 0. The molecular formula is C19H35N3O3. The summed E-state index contributed by atoms with van der Waals surface area (Å²) in [4.78, 5) is 28.9. The van der Waals surface area contributed by atoms with Gasteiger partial charge in [0.1, 0.15) is 0 Å². The molecule has 2 amide bonds. The molecule has 6 nitrogen and oxygen atoms in total. The van der Waals surface area contributed by atoms with Crippen LogP contribution in [0.25, 0.3) is 0 Å². The fraction of sp³-hybridized carbons (Fsp3) is 0.895. The monoisotopic (exact) mass is 353 g/mol. The molecule has 0 aromatic carbocycles. The van der Waals surface area contributed by atoms with E-state index in [-0.39, 0.29) is 23.1 Å². The van der Waals surface area contributed by atoms with Crippen LogP contribution in [0.2, 0.25) is 0 Å². The predicted octanol–water partition coefficient (Wildman–Crippen LogP) is 1.50. The van der Waals surface area contributed by atoms with Gasteiger partial charge in [-0.3, -0.25) is 14.5 Å². The lowest BCUT2D eigenvalue weighted by Crippen LogP contribution is -2.46. The Bertz CT molecular complexity index is 434. The third-order valence-electron chi connectivity index (χ3n) is 5.10. The summed E-state index contributed by atoms with van der Waals surface area (Å²) in [6.45, 7) is 12.8. The molecule has 2 aliphatic heterocycles. The molecule has 2 aliphatic rings. The van der Waals surface area contributed by atoms with Crippen LogP contribution in [0.15, 0.2) is 0 Å². The minimum Gasteiger partial charge on any atom is -0.379 e. The van der Waals surface area contributed by atoms with Gasteiger partial charge in [-0.05, 0) is 32.2 Å². The molecule has 0 atom stereocenters. The summed E-state index contributed by atoms with van der Waals surface area (Å²) in [6, 6.07) is 0. The van der Waals surface area contributed by atoms with Gasteiger partial charge in [0.15, 0.2) is 0 Å². The Morgan fingerprint density at radius 2 is 1.68 bits per heavy atom. The van der Waals surface area contributed by atoms with E-state index in [4.69, 9.17) is 4.74 Å². The van der Waals surface area contributed by atoms with Crippen LogP contribution in [0, 0.1) is 11.3 Å². The highest BCUT2D eigenvalue weighted by Gasteiger charge is 2.32. The number of unbranched alkanes of at least 4 members (excludes halogenated alkanes) is 1. The SMILES string of the molecule is CC(C)(C)C(=O)N1CCC(C(=O)NCCCCN2CCOCC2)CC1. The number of likely N-dealkylation sites (tertiary alicyclic amines) is 1. The first-order valence-electron chi connectivity index (χ1n) is 9.75. The number of carbonyl (C=O) groups excluding carboxylic acids is 2. The molecule has 0 aromatic heterocycles. The Hall–Kier alpha value is -1.14. The third kappa shape index (κ3) is 6.59. The molecule has 1 N–H and O–H groups in total. The van der Waals surface area contributed by atoms with Gasteiger partial charge in [-0.2, -0.15) is 0 Å². The van der Waals surface area contributed by atoms with Gasteiger partial charge in [0.2, 0.25) is 11.8 Å². The van der Waals surface area contributed by atoms with Gasteiger partial charge >= 0.3 is 0 Å². The molecular weight excluding hydrogens is 318 g/mol. The number of nitrogens with zero attached hydrogens (tertiary/aromatic N) is 2. The van der Waals surface area contributed by atoms with Gasteiger partial charge in [0.05, 0.1) is 13.2 Å². The molecule has 6 heteroatoms. The molecule has 2 rings (SSSR count). The average molecular weight is 354 g/mol. The summed E-state index contributed by atoms with van der Waals surface area (Å²) < 4.78 is 5.34. The van der Waals surface area contributed by atoms with E-state index in [9.17, 15) is 9.59 Å². The topological polar surface area (TPSA) is 61.9 Å². The zero-order valence-electron chi connectivity index (χ0n) is 16.2. The standard InChI is InChI=1S/C19H35N3O3/c1-19(2,3)18(24)22-10-6-16(7-11-22)17(23)20-8-4-5-9-21-12-14-25-15-13-21/h16H,4-15H2,1-3H3,(H,20,23). The molecule has 0 aromatic rings. The number of morpholine rings is 1. The van der Waals surface area contributed by atoms with Crippen LogP contribution in [0.3, 0.4) is 0 Å². The first kappa shape index (κ1) is 20.2. The molecule has 0 spiro atoms. The molecule has 2 fully saturated rings. The zero-order chi connectivity index (χ0) is 18.3. The number of nitrogens with one attached hydrogen (secondary N) is 1. The van der Waals surface area contributed by atoms with Gasteiger partial charge in [0.25, 0.3) is 0 Å². The lowest BCUT2D eigenvalue weighted by atomic mass is 9.90. The Labute approximate surface area is 152 Å². The summed E-state index contributed by atoms with van der Waals surface area (Å²) in [7, 11) is 0. The van der Waals surface area contributed by atoms with E-state index >= 15 is 0 Å². The molecule has 0 radical (unpaired) electrons. The number of hydrogen-bond acceptors (Lipinski definition) is 4. The Balaban J connectivity index is 1.57. The number of piperidine rings is 1. The highest BCUT2D eigenvalue weighted by atomic mass is 16.5. The minimum absolute atomic E-state index is 0.0586. The molecule has 0 aliphatic carbocycles. The number of ether oxygens (including phenoxy) is 1. The lowest BCUT2D eigenvalue weighted by Gasteiger charge is -2.35. The zero-order valence-corrected chi connectivity index (χ0v) is 16.2. The summed E-state index contributed by atoms with van der Waals surface area (Å²) in [5, 5.41) is 3.08. The maximum Gasteiger partial charge on any atom is 0.227 e. The fourth-order valence-electron chi connectivity index (χ4n) is 3.46. The van der Waals surface area contributed by atoms with Crippen molar-refractivity contribution in [2.24, 2.45) is 11.3 Å². The first-order chi connectivity index (χ1) is 11.9. The number of rotatable bonds is 6. The first-order valence-corrected chi connectivity index (χ1v) is 9.75. The largest absolute Gasteiger partial charge is 0.379 e. The van der Waals surface area contributed by atoms with Crippen molar-refractivity contribution < 1.29 is 14.3 Å². The highest BCUT2D eigenvalue weighted by molar-refractivity contribution is 5.82. The van der Waals surface area contributed by atoms with Crippen LogP contribution in [0.4, 0.5) is 0 Å². The van der Waals surface area contributed by atoms with Crippen molar-refractivity contribution in [1.82, 2.24) is 15.1 Å². The van der Waals surface area contributed by atoms with Crippen molar-refractivity contribution in [3.63, 3.8) is 0 Å². The molecule has 0 bridgehead atoms. The van der Waals surface area contributed by atoms with E-state index in [1.54, 1.807) is 0 Å². The van der Waals surface area contributed by atoms with Crippen LogP contribution in [0.5, 0.6) is 0 Å². The van der Waals surface area contributed by atoms with Crippen molar-refractivity contribution in [2.75, 3.05) is 52.5 Å². The van der Waals surface area contributed by atoms with Gasteiger partial charge in [-0.25, -0.2) is 0 Å². The van der Waals surface area contributed by atoms with Gasteiger partial charge in [-0.1, -0.05) is 20.8 Å². The summed E-state index contributed by atoms with van der Waals surface area (Å²) in [6.07, 6.45) is 3.69. The second kappa shape index (κ2) is 9.53. The van der Waals surface area contributed by atoms with Crippen LogP contribution < -0.4 is 5.32 Å². The number of hydrogen-bond donors (Lipinski definition) is 1. The molecule has 25 heavy (non-hydrogen) atoms. The Kier molecular flexibility index (Phi) is 7.69. The molecule has 144 valence electrons. The maximum absolute atomic E-state index is 12.3. The summed E-state index contributed by atoms with van der Waals surface area (Å²) in [5.74, 6) is 0.409. The van der Waals surface area contributed by atoms with Crippen LogP contribution in [-0.2, 0) is 14.3 Å². The van der Waals surface area contributed by atoms with Crippen molar-refractivity contribution >= 4 is 11.8 Å². The average Bonchev–Trinajstić information content (AvgIpc) is 2.61. The fourth-order valence-corrected chi connectivity index (χ4v) is 3.46. The van der Waals surface area contributed by atoms with Crippen molar-refractivity contribution in [1.29, 1.82) is 0 Å². The van der Waals surface area contributed by atoms with Crippen LogP contribution >= 0.6 is 0 Å². The predicted molar refractivity (Wildman–Crippen MR) is 98.3 cm³/mol. The van der Waals surface area contributed by atoms with Gasteiger partial charge in [0, 0.05) is 44.1 Å². The normalized spacial score (nSPS) is 20.5. The number of amides is 2. The van der Waals surface area contributed by atoms with E-state index in [0.717, 1.165) is 65.1 Å². The molecule has 2 heterocycles. The summed E-state index contributed by atoms with van der Waals surface area (Å²) in [5.41, 5.74) is -0.338. The van der Waals surface area contributed by atoms with E-state index < -0.39 is 0 Å². The van der Waals surface area contributed by atoms with E-state index in [2.05, 4.69) is 10.2 Å². The molecule has 2 saturated heterocycles. The van der Waals surface area contributed by atoms with Crippen LogP contribution in [0.1, 0.15) is 46.5 Å². The molecule has 0 unspecified atom stereocenters. The number of carbonyl (C=O) groups is 2. The smallest absolute Gasteiger partial charge is 0.227 e. The third-order valence-corrected chi connectivity index (χ3v) is 5.10. The second-order valence-electron chi connectivity index (χ2n) is 8.27. The van der Waals surface area contributed by atoms with E-state index in [0.29, 0.717) is 13.1 Å². The van der Waals surface area contributed by atoms with Gasteiger partial charge in [-0.15, -0.1) is 0 Å². The van der Waals surface area contributed by atoms with Crippen molar-refractivity contribution in [3.05, 3.63) is 0 Å². The quantitative estimate of drug-likeness (QED) is 0.735. The Morgan fingerprint density at radius 1 is 1.04 bits per heavy atom.